The Morgan fingerprint density at radius 3 is 2.36 bits per heavy atom. The van der Waals surface area contributed by atoms with Gasteiger partial charge in [-0.1, -0.05) is 49.2 Å². The Kier molecular flexibility index (Phi) is 4.26. The maximum absolute atomic E-state index is 13.1. The molecule has 1 fully saturated rings. The number of para-hydroxylation sites is 1. The second-order valence-electron chi connectivity index (χ2n) is 6.88. The van der Waals surface area contributed by atoms with Crippen molar-refractivity contribution in [1.29, 1.82) is 0 Å². The molecule has 2 aliphatic rings. The Balaban J connectivity index is 1.63. The molecule has 2 aromatic rings. The van der Waals surface area contributed by atoms with E-state index in [4.69, 9.17) is 0 Å². The number of hydrogen-bond acceptors (Lipinski definition) is 2. The molecule has 4 rings (SSSR count). The predicted molar refractivity (Wildman–Crippen MR) is 97.6 cm³/mol. The highest BCUT2D eigenvalue weighted by atomic mass is 16.2. The number of benzene rings is 2. The van der Waals surface area contributed by atoms with Crippen molar-refractivity contribution < 1.29 is 9.59 Å². The van der Waals surface area contributed by atoms with Gasteiger partial charge in [0.15, 0.2) is 0 Å². The second kappa shape index (κ2) is 6.71. The maximum atomic E-state index is 13.1. The molecule has 4 heteroatoms. The molecule has 0 bridgehead atoms. The van der Waals surface area contributed by atoms with E-state index < -0.39 is 6.04 Å². The molecule has 1 unspecified atom stereocenters. The molecular formula is C21H22N2O2. The Morgan fingerprint density at radius 2 is 1.60 bits per heavy atom. The van der Waals surface area contributed by atoms with Gasteiger partial charge in [-0.15, -0.1) is 0 Å². The van der Waals surface area contributed by atoms with E-state index in [1.807, 2.05) is 42.5 Å². The van der Waals surface area contributed by atoms with Crippen LogP contribution >= 0.6 is 0 Å². The molecule has 0 radical (unpaired) electrons. The van der Waals surface area contributed by atoms with Gasteiger partial charge in [-0.05, 0) is 36.6 Å². The van der Waals surface area contributed by atoms with Crippen molar-refractivity contribution in [2.24, 2.45) is 0 Å². The molecule has 1 atom stereocenters. The second-order valence-corrected chi connectivity index (χ2v) is 6.88. The molecule has 1 saturated carbocycles. The SMILES string of the molecule is O=C(NC1CCCC1)C1Cc2ccccc2N1C(=O)c1ccccc1. The Bertz CT molecular complexity index is 781. The van der Waals surface area contributed by atoms with Crippen LogP contribution in [-0.2, 0) is 11.2 Å². The van der Waals surface area contributed by atoms with E-state index in [1.54, 1.807) is 17.0 Å². The Hall–Kier alpha value is -2.62. The molecule has 4 nitrogen and oxygen atoms in total. The number of fused-ring (bicyclic) bond motifs is 1. The van der Waals surface area contributed by atoms with Crippen molar-refractivity contribution in [1.82, 2.24) is 5.32 Å². The van der Waals surface area contributed by atoms with Crippen LogP contribution in [0.3, 0.4) is 0 Å². The molecule has 0 saturated heterocycles. The zero-order valence-corrected chi connectivity index (χ0v) is 14.2. The van der Waals surface area contributed by atoms with E-state index in [2.05, 4.69) is 5.32 Å². The molecule has 2 aromatic carbocycles. The summed E-state index contributed by atoms with van der Waals surface area (Å²) in [6.45, 7) is 0. The number of nitrogens with one attached hydrogen (secondary N) is 1. The summed E-state index contributed by atoms with van der Waals surface area (Å²) in [7, 11) is 0. The van der Waals surface area contributed by atoms with Crippen molar-refractivity contribution >= 4 is 17.5 Å². The maximum Gasteiger partial charge on any atom is 0.259 e. The van der Waals surface area contributed by atoms with Crippen LogP contribution in [0, 0.1) is 0 Å². The summed E-state index contributed by atoms with van der Waals surface area (Å²) in [5.41, 5.74) is 2.51. The molecule has 1 N–H and O–H groups in total. The van der Waals surface area contributed by atoms with Crippen molar-refractivity contribution in [2.75, 3.05) is 4.90 Å². The summed E-state index contributed by atoms with van der Waals surface area (Å²) in [6, 6.07) is 16.8. The van der Waals surface area contributed by atoms with Crippen LogP contribution in [0.4, 0.5) is 5.69 Å². The smallest absolute Gasteiger partial charge is 0.259 e. The van der Waals surface area contributed by atoms with E-state index in [1.165, 1.54) is 12.8 Å². The fourth-order valence-electron chi connectivity index (χ4n) is 3.93. The number of hydrogen-bond donors (Lipinski definition) is 1. The Morgan fingerprint density at radius 1 is 0.920 bits per heavy atom. The summed E-state index contributed by atoms with van der Waals surface area (Å²) in [5.74, 6) is -0.149. The van der Waals surface area contributed by atoms with Crippen LogP contribution in [0.2, 0.25) is 0 Å². The largest absolute Gasteiger partial charge is 0.352 e. The first-order valence-electron chi connectivity index (χ1n) is 9.01. The third-order valence-corrected chi connectivity index (χ3v) is 5.22. The lowest BCUT2D eigenvalue weighted by atomic mass is 10.1. The summed E-state index contributed by atoms with van der Waals surface area (Å²) in [4.78, 5) is 27.7. The minimum Gasteiger partial charge on any atom is -0.352 e. The standard InChI is InChI=1S/C21H22N2O2/c24-20(22-17-11-5-6-12-17)19-14-16-10-4-7-13-18(16)23(19)21(25)15-8-2-1-3-9-15/h1-4,7-10,13,17,19H,5-6,11-12,14H2,(H,22,24). The number of carbonyl (C=O) groups excluding carboxylic acids is 2. The van der Waals surface area contributed by atoms with E-state index in [9.17, 15) is 9.59 Å². The van der Waals surface area contributed by atoms with E-state index in [0.717, 1.165) is 24.1 Å². The molecule has 0 aromatic heterocycles. The summed E-state index contributed by atoms with van der Waals surface area (Å²) >= 11 is 0. The number of carbonyl (C=O) groups is 2. The third-order valence-electron chi connectivity index (χ3n) is 5.22. The highest BCUT2D eigenvalue weighted by Crippen LogP contribution is 2.33. The van der Waals surface area contributed by atoms with Gasteiger partial charge in [-0.25, -0.2) is 0 Å². The van der Waals surface area contributed by atoms with Crippen molar-refractivity contribution in [3.05, 3.63) is 65.7 Å². The summed E-state index contributed by atoms with van der Waals surface area (Å²) in [6.07, 6.45) is 4.99. The summed E-state index contributed by atoms with van der Waals surface area (Å²) in [5, 5.41) is 3.16. The lowest BCUT2D eigenvalue weighted by molar-refractivity contribution is -0.122. The molecule has 25 heavy (non-hydrogen) atoms. The molecule has 1 aliphatic carbocycles. The molecule has 2 amide bonds. The third kappa shape index (κ3) is 3.04. The fourth-order valence-corrected chi connectivity index (χ4v) is 3.93. The fraction of sp³-hybridized carbons (Fsp3) is 0.333. The van der Waals surface area contributed by atoms with Crippen molar-refractivity contribution in [3.8, 4) is 0 Å². The minimum absolute atomic E-state index is 0.0348. The highest BCUT2D eigenvalue weighted by Gasteiger charge is 2.39. The van der Waals surface area contributed by atoms with Crippen LogP contribution in [0.5, 0.6) is 0 Å². The van der Waals surface area contributed by atoms with Crippen LogP contribution in [-0.4, -0.2) is 23.9 Å². The van der Waals surface area contributed by atoms with Gasteiger partial charge in [0, 0.05) is 23.7 Å². The Labute approximate surface area is 147 Å². The first-order valence-corrected chi connectivity index (χ1v) is 9.01. The number of rotatable bonds is 3. The van der Waals surface area contributed by atoms with Crippen LogP contribution < -0.4 is 10.2 Å². The number of amides is 2. The van der Waals surface area contributed by atoms with Gasteiger partial charge >= 0.3 is 0 Å². The summed E-state index contributed by atoms with van der Waals surface area (Å²) < 4.78 is 0. The quantitative estimate of drug-likeness (QED) is 0.936. The molecule has 1 heterocycles. The highest BCUT2D eigenvalue weighted by molar-refractivity contribution is 6.11. The lowest BCUT2D eigenvalue weighted by Crippen LogP contribution is -2.50. The van der Waals surface area contributed by atoms with E-state index in [-0.39, 0.29) is 17.9 Å². The zero-order chi connectivity index (χ0) is 17.2. The van der Waals surface area contributed by atoms with Crippen LogP contribution in [0.15, 0.2) is 54.6 Å². The number of anilines is 1. The van der Waals surface area contributed by atoms with Crippen molar-refractivity contribution in [2.45, 2.75) is 44.2 Å². The number of nitrogens with zero attached hydrogens (tertiary/aromatic N) is 1. The van der Waals surface area contributed by atoms with Gasteiger partial charge in [-0.3, -0.25) is 14.5 Å². The first-order chi connectivity index (χ1) is 12.2. The normalized spacial score (nSPS) is 19.7. The lowest BCUT2D eigenvalue weighted by Gasteiger charge is -2.26. The average molecular weight is 334 g/mol. The molecule has 1 aliphatic heterocycles. The van der Waals surface area contributed by atoms with Gasteiger partial charge in [0.25, 0.3) is 5.91 Å². The average Bonchev–Trinajstić information content (AvgIpc) is 3.29. The van der Waals surface area contributed by atoms with Crippen LogP contribution in [0.25, 0.3) is 0 Å². The minimum atomic E-state index is -0.467. The molecular weight excluding hydrogens is 312 g/mol. The van der Waals surface area contributed by atoms with E-state index in [0.29, 0.717) is 12.0 Å². The molecule has 0 spiro atoms. The van der Waals surface area contributed by atoms with Gasteiger partial charge in [0.1, 0.15) is 6.04 Å². The van der Waals surface area contributed by atoms with E-state index >= 15 is 0 Å². The molecule has 128 valence electrons. The van der Waals surface area contributed by atoms with Crippen LogP contribution in [0.1, 0.15) is 41.6 Å². The van der Waals surface area contributed by atoms with Gasteiger partial charge in [0.05, 0.1) is 0 Å². The predicted octanol–water partition coefficient (Wildman–Crippen LogP) is 3.32. The topological polar surface area (TPSA) is 49.4 Å². The first kappa shape index (κ1) is 15.9. The monoisotopic (exact) mass is 334 g/mol. The van der Waals surface area contributed by atoms with Gasteiger partial charge < -0.3 is 5.32 Å². The van der Waals surface area contributed by atoms with Crippen molar-refractivity contribution in [3.63, 3.8) is 0 Å². The van der Waals surface area contributed by atoms with Gasteiger partial charge in [0.2, 0.25) is 5.91 Å². The van der Waals surface area contributed by atoms with Gasteiger partial charge in [-0.2, -0.15) is 0 Å². The zero-order valence-electron chi connectivity index (χ0n) is 14.2.